The quantitative estimate of drug-likeness (QED) is 0.723. The van der Waals surface area contributed by atoms with Crippen molar-refractivity contribution in [2.24, 2.45) is 11.8 Å². The Morgan fingerprint density at radius 2 is 1.64 bits per heavy atom. The SMILES string of the molecule is CCOC(=O)[C@@H]1CC[C@@H]1C(=O)Nc1ccccc1C(=O)NCc1ccccc1. The zero-order valence-corrected chi connectivity index (χ0v) is 15.8. The van der Waals surface area contributed by atoms with Gasteiger partial charge in [-0.3, -0.25) is 14.4 Å². The third-order valence-corrected chi connectivity index (χ3v) is 4.93. The van der Waals surface area contributed by atoms with Gasteiger partial charge in [0.25, 0.3) is 5.91 Å². The molecule has 146 valence electrons. The molecule has 0 radical (unpaired) electrons. The topological polar surface area (TPSA) is 84.5 Å². The highest BCUT2D eigenvalue weighted by Crippen LogP contribution is 2.36. The smallest absolute Gasteiger partial charge is 0.309 e. The van der Waals surface area contributed by atoms with Crippen LogP contribution in [-0.4, -0.2) is 24.4 Å². The molecule has 6 nitrogen and oxygen atoms in total. The minimum atomic E-state index is -0.417. The third-order valence-electron chi connectivity index (χ3n) is 4.93. The number of rotatable bonds is 7. The van der Waals surface area contributed by atoms with Crippen molar-refractivity contribution in [2.45, 2.75) is 26.3 Å². The molecule has 2 atom stereocenters. The van der Waals surface area contributed by atoms with Crippen LogP contribution in [0.15, 0.2) is 54.6 Å². The van der Waals surface area contributed by atoms with Gasteiger partial charge in [0.05, 0.1) is 29.7 Å². The van der Waals surface area contributed by atoms with E-state index in [0.29, 0.717) is 37.2 Å². The largest absolute Gasteiger partial charge is 0.466 e. The van der Waals surface area contributed by atoms with E-state index in [2.05, 4.69) is 10.6 Å². The van der Waals surface area contributed by atoms with Crippen LogP contribution in [0.3, 0.4) is 0 Å². The molecule has 1 aliphatic carbocycles. The fourth-order valence-corrected chi connectivity index (χ4v) is 3.23. The van der Waals surface area contributed by atoms with Gasteiger partial charge in [-0.1, -0.05) is 42.5 Å². The molecule has 2 aromatic rings. The molecule has 2 N–H and O–H groups in total. The molecule has 0 saturated heterocycles. The molecule has 0 aliphatic heterocycles. The molecule has 3 rings (SSSR count). The molecule has 2 amide bonds. The van der Waals surface area contributed by atoms with Crippen LogP contribution < -0.4 is 10.6 Å². The predicted octanol–water partition coefficient (Wildman–Crippen LogP) is 3.14. The number of amides is 2. The van der Waals surface area contributed by atoms with Crippen molar-refractivity contribution >= 4 is 23.5 Å². The molecule has 1 aliphatic rings. The molecule has 0 heterocycles. The number of ether oxygens (including phenoxy) is 1. The highest BCUT2D eigenvalue weighted by atomic mass is 16.5. The lowest BCUT2D eigenvalue weighted by Gasteiger charge is -2.33. The van der Waals surface area contributed by atoms with E-state index >= 15 is 0 Å². The second-order valence-corrected chi connectivity index (χ2v) is 6.75. The number of carbonyl (C=O) groups is 3. The molecular weight excluding hydrogens is 356 g/mol. The van der Waals surface area contributed by atoms with Crippen LogP contribution in [0.2, 0.25) is 0 Å². The first-order valence-electron chi connectivity index (χ1n) is 9.48. The Kier molecular flexibility index (Phi) is 6.42. The van der Waals surface area contributed by atoms with Gasteiger partial charge in [-0.25, -0.2) is 0 Å². The molecule has 1 saturated carbocycles. The van der Waals surface area contributed by atoms with Crippen molar-refractivity contribution in [2.75, 3.05) is 11.9 Å². The first kappa shape index (κ1) is 19.6. The molecule has 0 spiro atoms. The summed E-state index contributed by atoms with van der Waals surface area (Å²) in [5, 5.41) is 5.68. The van der Waals surface area contributed by atoms with Crippen molar-refractivity contribution in [3.8, 4) is 0 Å². The van der Waals surface area contributed by atoms with E-state index in [-0.39, 0.29) is 17.8 Å². The van der Waals surface area contributed by atoms with E-state index in [9.17, 15) is 14.4 Å². The summed E-state index contributed by atoms with van der Waals surface area (Å²) in [6.07, 6.45) is 1.29. The summed E-state index contributed by atoms with van der Waals surface area (Å²) in [6.45, 7) is 2.44. The van der Waals surface area contributed by atoms with E-state index in [1.165, 1.54) is 0 Å². The van der Waals surface area contributed by atoms with Crippen molar-refractivity contribution < 1.29 is 19.1 Å². The van der Waals surface area contributed by atoms with Crippen LogP contribution in [0.4, 0.5) is 5.69 Å². The van der Waals surface area contributed by atoms with Crippen LogP contribution in [0.1, 0.15) is 35.7 Å². The second-order valence-electron chi connectivity index (χ2n) is 6.75. The zero-order chi connectivity index (χ0) is 19.9. The summed E-state index contributed by atoms with van der Waals surface area (Å²) in [5.74, 6) is -1.68. The molecule has 6 heteroatoms. The normalized spacial score (nSPS) is 17.9. The minimum absolute atomic E-state index is 0.257. The van der Waals surface area contributed by atoms with Crippen LogP contribution >= 0.6 is 0 Å². The van der Waals surface area contributed by atoms with Gasteiger partial charge in [-0.2, -0.15) is 0 Å². The number of esters is 1. The van der Waals surface area contributed by atoms with Crippen molar-refractivity contribution in [3.05, 3.63) is 65.7 Å². The summed E-state index contributed by atoms with van der Waals surface area (Å²) < 4.78 is 5.03. The molecule has 28 heavy (non-hydrogen) atoms. The number of hydrogen-bond donors (Lipinski definition) is 2. The van der Waals surface area contributed by atoms with E-state index in [0.717, 1.165) is 5.56 Å². The van der Waals surface area contributed by atoms with Gasteiger partial charge in [0.2, 0.25) is 5.91 Å². The summed E-state index contributed by atoms with van der Waals surface area (Å²) >= 11 is 0. The van der Waals surface area contributed by atoms with Crippen molar-refractivity contribution in [1.82, 2.24) is 5.32 Å². The average molecular weight is 380 g/mol. The Balaban J connectivity index is 1.64. The number of nitrogens with one attached hydrogen (secondary N) is 2. The number of para-hydroxylation sites is 1. The van der Waals surface area contributed by atoms with Crippen LogP contribution in [-0.2, 0) is 20.9 Å². The maximum absolute atomic E-state index is 12.6. The van der Waals surface area contributed by atoms with E-state index in [1.807, 2.05) is 30.3 Å². The summed E-state index contributed by atoms with van der Waals surface area (Å²) in [4.78, 5) is 37.1. The van der Waals surface area contributed by atoms with Gasteiger partial charge in [-0.05, 0) is 37.5 Å². The second kappa shape index (κ2) is 9.17. The van der Waals surface area contributed by atoms with Crippen LogP contribution in [0.25, 0.3) is 0 Å². The summed E-state index contributed by atoms with van der Waals surface area (Å²) in [6, 6.07) is 16.5. The van der Waals surface area contributed by atoms with E-state index in [4.69, 9.17) is 4.74 Å². The number of benzene rings is 2. The Bertz CT molecular complexity index is 851. The Morgan fingerprint density at radius 1 is 0.964 bits per heavy atom. The first-order valence-corrected chi connectivity index (χ1v) is 9.48. The Morgan fingerprint density at radius 3 is 2.32 bits per heavy atom. The number of anilines is 1. The predicted molar refractivity (Wildman–Crippen MR) is 106 cm³/mol. The minimum Gasteiger partial charge on any atom is -0.466 e. The van der Waals surface area contributed by atoms with Crippen LogP contribution in [0.5, 0.6) is 0 Å². The van der Waals surface area contributed by atoms with Gasteiger partial charge in [0.1, 0.15) is 0 Å². The standard InChI is InChI=1S/C22H24N2O4/c1-2-28-22(27)17-13-12-16(17)21(26)24-19-11-7-6-10-18(19)20(25)23-14-15-8-4-3-5-9-15/h3-11,16-17H,2,12-14H2,1H3,(H,23,25)(H,24,26)/t16-,17+/m0/s1. The molecule has 1 fully saturated rings. The molecule has 0 bridgehead atoms. The molecule has 0 aromatic heterocycles. The average Bonchev–Trinajstić information content (AvgIpc) is 2.66. The first-order chi connectivity index (χ1) is 13.6. The zero-order valence-electron chi connectivity index (χ0n) is 15.8. The van der Waals surface area contributed by atoms with Crippen molar-refractivity contribution in [3.63, 3.8) is 0 Å². The monoisotopic (exact) mass is 380 g/mol. The van der Waals surface area contributed by atoms with Gasteiger partial charge in [-0.15, -0.1) is 0 Å². The van der Waals surface area contributed by atoms with Crippen LogP contribution in [0, 0.1) is 11.8 Å². The maximum atomic E-state index is 12.6. The molecule has 2 aromatic carbocycles. The summed E-state index contributed by atoms with van der Waals surface area (Å²) in [5.41, 5.74) is 1.82. The van der Waals surface area contributed by atoms with Gasteiger partial charge in [0.15, 0.2) is 0 Å². The van der Waals surface area contributed by atoms with E-state index in [1.54, 1.807) is 31.2 Å². The highest BCUT2D eigenvalue weighted by molar-refractivity contribution is 6.05. The fraction of sp³-hybridized carbons (Fsp3) is 0.318. The van der Waals surface area contributed by atoms with Gasteiger partial charge < -0.3 is 15.4 Å². The highest BCUT2D eigenvalue weighted by Gasteiger charge is 2.42. The van der Waals surface area contributed by atoms with E-state index < -0.39 is 11.8 Å². The fourth-order valence-electron chi connectivity index (χ4n) is 3.23. The maximum Gasteiger partial charge on any atom is 0.309 e. The lowest BCUT2D eigenvalue weighted by Crippen LogP contribution is -2.42. The lowest BCUT2D eigenvalue weighted by atomic mass is 9.73. The van der Waals surface area contributed by atoms with Gasteiger partial charge >= 0.3 is 5.97 Å². The van der Waals surface area contributed by atoms with Crippen molar-refractivity contribution in [1.29, 1.82) is 0 Å². The Labute approximate surface area is 164 Å². The third kappa shape index (κ3) is 4.57. The lowest BCUT2D eigenvalue weighted by molar-refractivity contribution is -0.157. The van der Waals surface area contributed by atoms with Gasteiger partial charge in [0, 0.05) is 6.54 Å². The molecule has 0 unspecified atom stereocenters. The molecular formula is C22H24N2O4. The number of hydrogen-bond acceptors (Lipinski definition) is 4. The Hall–Kier alpha value is -3.15. The number of carbonyl (C=O) groups excluding carboxylic acids is 3. The summed E-state index contributed by atoms with van der Waals surface area (Å²) in [7, 11) is 0.